The van der Waals surface area contributed by atoms with E-state index in [9.17, 15) is 9.59 Å². The molecule has 5 heteroatoms. The van der Waals surface area contributed by atoms with Gasteiger partial charge < -0.3 is 15.2 Å². The molecule has 0 aromatic carbocycles. The van der Waals surface area contributed by atoms with Gasteiger partial charge in [0.15, 0.2) is 6.04 Å². The molecule has 0 heterocycles. The van der Waals surface area contributed by atoms with E-state index in [0.29, 0.717) is 6.61 Å². The smallest absolute Gasteiger partial charge is 0.328 e. The van der Waals surface area contributed by atoms with Gasteiger partial charge in [0.25, 0.3) is 0 Å². The van der Waals surface area contributed by atoms with Crippen molar-refractivity contribution < 1.29 is 20.8 Å². The van der Waals surface area contributed by atoms with Crippen LogP contribution < -0.4 is 5.32 Å². The highest BCUT2D eigenvalue weighted by molar-refractivity contribution is 5.82. The zero-order valence-corrected chi connectivity index (χ0v) is 6.87. The van der Waals surface area contributed by atoms with Gasteiger partial charge in [-0.15, -0.1) is 0 Å². The highest BCUT2D eigenvalue weighted by atomic mass is 16.5. The van der Waals surface area contributed by atoms with Crippen LogP contribution in [0.4, 0.5) is 0 Å². The summed E-state index contributed by atoms with van der Waals surface area (Å²) in [5.74, 6) is -1.78. The SMILES string of the molecule is [2H]CC(=O)NC(COCC)C(=O)O. The van der Waals surface area contributed by atoms with E-state index in [0.717, 1.165) is 0 Å². The molecule has 0 saturated carbocycles. The lowest BCUT2D eigenvalue weighted by molar-refractivity contribution is -0.143. The van der Waals surface area contributed by atoms with E-state index in [-0.39, 0.29) is 6.61 Å². The van der Waals surface area contributed by atoms with Crippen molar-refractivity contribution in [3.8, 4) is 0 Å². The Morgan fingerprint density at radius 2 is 2.42 bits per heavy atom. The monoisotopic (exact) mass is 176 g/mol. The Labute approximate surface area is 72.1 Å². The molecular formula is C7H13NO4. The molecule has 0 bridgehead atoms. The standard InChI is InChI=1S/C7H13NO4/c1-3-12-4-6(7(10)11)8-5(2)9/h6H,3-4H2,1-2H3,(H,8,9)(H,10,11)/i2D. The van der Waals surface area contributed by atoms with Crippen LogP contribution in [0.5, 0.6) is 0 Å². The van der Waals surface area contributed by atoms with Gasteiger partial charge in [-0.2, -0.15) is 0 Å². The summed E-state index contributed by atoms with van der Waals surface area (Å²) in [5.41, 5.74) is 0. The maximum Gasteiger partial charge on any atom is 0.328 e. The molecule has 2 N–H and O–H groups in total. The molecule has 0 aliphatic heterocycles. The fourth-order valence-electron chi connectivity index (χ4n) is 0.605. The number of ether oxygens (including phenoxy) is 1. The van der Waals surface area contributed by atoms with E-state index in [4.69, 9.17) is 11.2 Å². The van der Waals surface area contributed by atoms with E-state index in [1.807, 2.05) is 0 Å². The molecule has 0 fully saturated rings. The summed E-state index contributed by atoms with van der Waals surface area (Å²) < 4.78 is 11.5. The predicted molar refractivity (Wildman–Crippen MR) is 41.7 cm³/mol. The molecule has 12 heavy (non-hydrogen) atoms. The fourth-order valence-corrected chi connectivity index (χ4v) is 0.605. The van der Waals surface area contributed by atoms with Crippen LogP contribution in [0.1, 0.15) is 15.2 Å². The minimum atomic E-state index is -1.16. The first kappa shape index (κ1) is 8.99. The van der Waals surface area contributed by atoms with Crippen LogP contribution in [-0.4, -0.2) is 36.2 Å². The van der Waals surface area contributed by atoms with Crippen molar-refractivity contribution in [3.63, 3.8) is 0 Å². The Morgan fingerprint density at radius 3 is 2.83 bits per heavy atom. The number of carbonyl (C=O) groups excluding carboxylic acids is 1. The second-order valence-electron chi connectivity index (χ2n) is 2.12. The molecule has 70 valence electrons. The van der Waals surface area contributed by atoms with E-state index in [2.05, 4.69) is 5.32 Å². The van der Waals surface area contributed by atoms with Gasteiger partial charge >= 0.3 is 5.97 Å². The van der Waals surface area contributed by atoms with Gasteiger partial charge in [-0.1, -0.05) is 0 Å². The minimum Gasteiger partial charge on any atom is -0.480 e. The van der Waals surface area contributed by atoms with Crippen molar-refractivity contribution in [2.45, 2.75) is 19.9 Å². The lowest BCUT2D eigenvalue weighted by Crippen LogP contribution is -2.42. The number of rotatable bonds is 5. The van der Waals surface area contributed by atoms with E-state index < -0.39 is 24.8 Å². The number of carboxylic acids is 1. The zero-order chi connectivity index (χ0) is 10.3. The van der Waals surface area contributed by atoms with Crippen molar-refractivity contribution in [3.05, 3.63) is 0 Å². The normalized spacial score (nSPS) is 13.2. The van der Waals surface area contributed by atoms with Crippen LogP contribution in [0.25, 0.3) is 0 Å². The number of hydrogen-bond donors (Lipinski definition) is 2. The first-order valence-electron chi connectivity index (χ1n) is 4.21. The lowest BCUT2D eigenvalue weighted by Gasteiger charge is -2.12. The van der Waals surface area contributed by atoms with E-state index in [1.165, 1.54) is 0 Å². The third-order valence-corrected chi connectivity index (χ3v) is 1.12. The van der Waals surface area contributed by atoms with Gasteiger partial charge in [0.2, 0.25) is 5.91 Å². The molecule has 0 aromatic heterocycles. The molecule has 0 aliphatic carbocycles. The number of aliphatic carboxylic acids is 1. The summed E-state index contributed by atoms with van der Waals surface area (Å²) >= 11 is 0. The maximum atomic E-state index is 10.7. The number of amides is 1. The molecule has 1 atom stereocenters. The van der Waals surface area contributed by atoms with Crippen molar-refractivity contribution >= 4 is 11.9 Å². The summed E-state index contributed by atoms with van der Waals surface area (Å²) in [6, 6.07) is -1.06. The number of hydrogen-bond acceptors (Lipinski definition) is 3. The largest absolute Gasteiger partial charge is 0.480 e. The molecule has 0 aliphatic rings. The predicted octanol–water partition coefficient (Wildman–Crippen LogP) is -0.388. The number of carboxylic acid groups (broad SMARTS) is 1. The summed E-state index contributed by atoms with van der Waals surface area (Å²) in [7, 11) is 0. The van der Waals surface area contributed by atoms with Crippen LogP contribution in [0, 0.1) is 0 Å². The molecule has 1 unspecified atom stereocenters. The second kappa shape index (κ2) is 5.54. The highest BCUT2D eigenvalue weighted by Gasteiger charge is 2.17. The minimum absolute atomic E-state index is 0.0719. The molecule has 0 radical (unpaired) electrons. The quantitative estimate of drug-likeness (QED) is 0.598. The highest BCUT2D eigenvalue weighted by Crippen LogP contribution is 1.86. The molecule has 0 rings (SSSR count). The molecule has 5 nitrogen and oxygen atoms in total. The molecule has 0 aromatic rings. The van der Waals surface area contributed by atoms with Crippen molar-refractivity contribution in [2.24, 2.45) is 0 Å². The first-order chi connectivity index (χ1) is 6.11. The lowest BCUT2D eigenvalue weighted by atomic mass is 10.3. The third-order valence-electron chi connectivity index (χ3n) is 1.12. The molecule has 0 spiro atoms. The summed E-state index contributed by atoms with van der Waals surface area (Å²) in [5, 5.41) is 10.7. The summed E-state index contributed by atoms with van der Waals surface area (Å²) in [6.07, 6.45) is 0. The third kappa shape index (κ3) is 4.68. The van der Waals surface area contributed by atoms with Gasteiger partial charge in [0.05, 0.1) is 6.61 Å². The van der Waals surface area contributed by atoms with Gasteiger partial charge in [-0.25, -0.2) is 4.79 Å². The van der Waals surface area contributed by atoms with Crippen molar-refractivity contribution in [2.75, 3.05) is 13.2 Å². The Balaban J connectivity index is 3.94. The van der Waals surface area contributed by atoms with Gasteiger partial charge in [0.1, 0.15) is 0 Å². The molecular weight excluding hydrogens is 162 g/mol. The molecule has 0 saturated heterocycles. The topological polar surface area (TPSA) is 75.6 Å². The van der Waals surface area contributed by atoms with Crippen molar-refractivity contribution in [1.29, 1.82) is 0 Å². The number of nitrogens with one attached hydrogen (secondary N) is 1. The van der Waals surface area contributed by atoms with Gasteiger partial charge in [-0.3, -0.25) is 4.79 Å². The summed E-state index contributed by atoms with van der Waals surface area (Å²) in [6.45, 7) is 1.57. The van der Waals surface area contributed by atoms with Crippen LogP contribution in [0.3, 0.4) is 0 Å². The fraction of sp³-hybridized carbons (Fsp3) is 0.714. The Kier molecular flexibility index (Phi) is 4.15. The Hall–Kier alpha value is -1.10. The zero-order valence-electron chi connectivity index (χ0n) is 7.87. The second-order valence-corrected chi connectivity index (χ2v) is 2.12. The first-order valence-corrected chi connectivity index (χ1v) is 3.51. The van der Waals surface area contributed by atoms with Gasteiger partial charge in [0, 0.05) is 14.9 Å². The van der Waals surface area contributed by atoms with Crippen LogP contribution in [0.15, 0.2) is 0 Å². The van der Waals surface area contributed by atoms with Gasteiger partial charge in [-0.05, 0) is 6.92 Å². The van der Waals surface area contributed by atoms with Crippen LogP contribution in [0.2, 0.25) is 0 Å². The Morgan fingerprint density at radius 1 is 1.75 bits per heavy atom. The van der Waals surface area contributed by atoms with Crippen molar-refractivity contribution in [1.82, 2.24) is 5.32 Å². The summed E-state index contributed by atoms with van der Waals surface area (Å²) in [4.78, 5) is 21.2. The average molecular weight is 176 g/mol. The van der Waals surface area contributed by atoms with Crippen LogP contribution in [-0.2, 0) is 14.3 Å². The maximum absolute atomic E-state index is 10.7. The van der Waals surface area contributed by atoms with Crippen LogP contribution >= 0.6 is 0 Å². The average Bonchev–Trinajstić information content (AvgIpc) is 2.11. The Bertz CT molecular complexity index is 185. The van der Waals surface area contributed by atoms with E-state index >= 15 is 0 Å². The molecule has 1 amide bonds. The van der Waals surface area contributed by atoms with E-state index in [1.54, 1.807) is 6.92 Å². The number of carbonyl (C=O) groups is 2.